The molecule has 0 saturated heterocycles. The van der Waals surface area contributed by atoms with E-state index in [1.165, 1.54) is 0 Å². The summed E-state index contributed by atoms with van der Waals surface area (Å²) < 4.78 is 2.78. The van der Waals surface area contributed by atoms with Crippen molar-refractivity contribution in [2.75, 3.05) is 5.32 Å². The minimum atomic E-state index is -0.341. The van der Waals surface area contributed by atoms with Crippen molar-refractivity contribution < 1.29 is 4.79 Å². The molecule has 0 fully saturated rings. The van der Waals surface area contributed by atoms with Crippen LogP contribution in [-0.4, -0.2) is 20.5 Å². The fraction of sp³-hybridized carbons (Fsp3) is 0.261. The molecule has 1 aliphatic heterocycles. The van der Waals surface area contributed by atoms with Gasteiger partial charge in [0.2, 0.25) is 5.95 Å². The first kappa shape index (κ1) is 20.7. The zero-order valence-electron chi connectivity index (χ0n) is 16.9. The van der Waals surface area contributed by atoms with Gasteiger partial charge in [-0.3, -0.25) is 4.79 Å². The smallest absolute Gasteiger partial charge is 0.226 e. The molecule has 3 aromatic rings. The lowest BCUT2D eigenvalue weighted by molar-refractivity contribution is -0.118. The topological polar surface area (TPSA) is 59.8 Å². The van der Waals surface area contributed by atoms with Gasteiger partial charge in [-0.15, -0.1) is 5.10 Å². The van der Waals surface area contributed by atoms with E-state index in [0.717, 1.165) is 33.3 Å². The van der Waals surface area contributed by atoms with E-state index in [1.807, 2.05) is 30.3 Å². The lowest BCUT2D eigenvalue weighted by atomic mass is 9.73. The number of ketones is 1. The molecule has 0 bridgehead atoms. The fourth-order valence-electron chi connectivity index (χ4n) is 4.32. The summed E-state index contributed by atoms with van der Waals surface area (Å²) in [6.07, 6.45) is 1.28. The van der Waals surface area contributed by atoms with E-state index in [1.54, 1.807) is 16.8 Å². The molecule has 1 aliphatic carbocycles. The Hall–Kier alpha value is -2.15. The second-order valence-electron chi connectivity index (χ2n) is 8.74. The normalized spacial score (nSPS) is 19.6. The molecule has 158 valence electrons. The molecule has 31 heavy (non-hydrogen) atoms. The van der Waals surface area contributed by atoms with Crippen LogP contribution in [-0.2, 0) is 4.79 Å². The third-order valence-corrected chi connectivity index (χ3v) is 6.96. The van der Waals surface area contributed by atoms with Crippen LogP contribution in [0.1, 0.15) is 38.3 Å². The molecule has 2 aromatic carbocycles. The molecule has 5 nitrogen and oxygen atoms in total. The van der Waals surface area contributed by atoms with Gasteiger partial charge in [-0.1, -0.05) is 65.1 Å². The lowest BCUT2D eigenvalue weighted by Gasteiger charge is -2.38. The first-order valence-corrected chi connectivity index (χ1v) is 11.5. The average Bonchev–Trinajstić information content (AvgIpc) is 3.12. The summed E-state index contributed by atoms with van der Waals surface area (Å²) in [5, 5.41) is 9.09. The van der Waals surface area contributed by atoms with Crippen LogP contribution < -0.4 is 5.32 Å². The second-order valence-corrected chi connectivity index (χ2v) is 10.5. The summed E-state index contributed by atoms with van der Waals surface area (Å²) in [6.45, 7) is 4.23. The zero-order chi connectivity index (χ0) is 21.9. The van der Waals surface area contributed by atoms with Crippen molar-refractivity contribution in [3.05, 3.63) is 73.8 Å². The zero-order valence-corrected chi connectivity index (χ0v) is 20.0. The number of nitrogens with zero attached hydrogens (tertiary/aromatic N) is 3. The van der Waals surface area contributed by atoms with Crippen LogP contribution in [0, 0.1) is 5.41 Å². The van der Waals surface area contributed by atoms with Gasteiger partial charge in [-0.25, -0.2) is 4.68 Å². The Labute approximate surface area is 198 Å². The standard InChI is InChI=1S/C23H19BrCl2N4O/c1-23(2)10-17-19(18(31)11-23)20(12-3-6-14(24)7-4-12)30-22(27-17)28-21(29-30)13-5-8-15(25)16(26)9-13/h3-9,20H,10-11H2,1-2H3,(H,27,28,29). The molecule has 0 spiro atoms. The Balaban J connectivity index is 1.67. The van der Waals surface area contributed by atoms with Crippen molar-refractivity contribution >= 4 is 50.9 Å². The number of allylic oxidation sites excluding steroid dienone is 2. The molecule has 1 unspecified atom stereocenters. The minimum Gasteiger partial charge on any atom is -0.328 e. The van der Waals surface area contributed by atoms with Gasteiger partial charge in [0.15, 0.2) is 11.6 Å². The Bertz CT molecular complexity index is 1250. The number of benzene rings is 2. The number of aromatic nitrogens is 3. The molecule has 5 rings (SSSR count). The van der Waals surface area contributed by atoms with Crippen LogP contribution in [0.25, 0.3) is 11.4 Å². The molecular weight excluding hydrogens is 499 g/mol. The SMILES string of the molecule is CC1(C)CC(=O)C2=C(C1)Nc1nc(-c3ccc(Cl)c(Cl)c3)nn1C2c1ccc(Br)cc1. The number of carbonyl (C=O) groups is 1. The maximum atomic E-state index is 13.3. The van der Waals surface area contributed by atoms with Gasteiger partial charge in [0, 0.05) is 27.7 Å². The Kier molecular flexibility index (Phi) is 5.00. The fourth-order valence-corrected chi connectivity index (χ4v) is 4.88. The molecule has 1 N–H and O–H groups in total. The van der Waals surface area contributed by atoms with Crippen LogP contribution in [0.3, 0.4) is 0 Å². The molecule has 0 amide bonds. The van der Waals surface area contributed by atoms with Crippen LogP contribution in [0.5, 0.6) is 0 Å². The van der Waals surface area contributed by atoms with Gasteiger partial charge in [0.05, 0.1) is 10.0 Å². The Morgan fingerprint density at radius 1 is 1.10 bits per heavy atom. The van der Waals surface area contributed by atoms with Crippen molar-refractivity contribution in [3.8, 4) is 11.4 Å². The molecule has 8 heteroatoms. The molecule has 0 radical (unpaired) electrons. The van der Waals surface area contributed by atoms with E-state index >= 15 is 0 Å². The van der Waals surface area contributed by atoms with Gasteiger partial charge in [-0.05, 0) is 47.7 Å². The van der Waals surface area contributed by atoms with Crippen molar-refractivity contribution in [2.24, 2.45) is 5.41 Å². The number of hydrogen-bond donors (Lipinski definition) is 1. The van der Waals surface area contributed by atoms with Crippen molar-refractivity contribution in [1.29, 1.82) is 0 Å². The predicted molar refractivity (Wildman–Crippen MR) is 126 cm³/mol. The maximum absolute atomic E-state index is 13.3. The van der Waals surface area contributed by atoms with Crippen molar-refractivity contribution in [1.82, 2.24) is 14.8 Å². The van der Waals surface area contributed by atoms with E-state index in [-0.39, 0.29) is 17.2 Å². The number of anilines is 1. The second kappa shape index (κ2) is 7.47. The number of rotatable bonds is 2. The number of fused-ring (bicyclic) bond motifs is 1. The maximum Gasteiger partial charge on any atom is 0.226 e. The van der Waals surface area contributed by atoms with Crippen LogP contribution in [0.4, 0.5) is 5.95 Å². The lowest BCUT2D eigenvalue weighted by Crippen LogP contribution is -2.36. The highest BCUT2D eigenvalue weighted by Crippen LogP contribution is 2.45. The highest BCUT2D eigenvalue weighted by atomic mass is 79.9. The van der Waals surface area contributed by atoms with Gasteiger partial charge in [0.1, 0.15) is 6.04 Å². The van der Waals surface area contributed by atoms with Gasteiger partial charge >= 0.3 is 0 Å². The molecule has 1 aromatic heterocycles. The first-order valence-electron chi connectivity index (χ1n) is 9.92. The predicted octanol–water partition coefficient (Wildman–Crippen LogP) is 6.67. The van der Waals surface area contributed by atoms with E-state index < -0.39 is 0 Å². The van der Waals surface area contributed by atoms with E-state index in [0.29, 0.717) is 28.2 Å². The molecule has 0 saturated carbocycles. The highest BCUT2D eigenvalue weighted by Gasteiger charge is 2.41. The number of Topliss-reactive ketones (excluding diaryl/α,β-unsaturated/α-hetero) is 1. The minimum absolute atomic E-state index is 0.109. The van der Waals surface area contributed by atoms with E-state index in [4.69, 9.17) is 33.3 Å². The van der Waals surface area contributed by atoms with Crippen molar-refractivity contribution in [2.45, 2.75) is 32.7 Å². The third kappa shape index (κ3) is 3.71. The van der Waals surface area contributed by atoms with Gasteiger partial charge in [0.25, 0.3) is 0 Å². The van der Waals surface area contributed by atoms with Crippen LogP contribution in [0.15, 0.2) is 58.2 Å². The van der Waals surface area contributed by atoms with Crippen molar-refractivity contribution in [3.63, 3.8) is 0 Å². The van der Waals surface area contributed by atoms with E-state index in [9.17, 15) is 4.79 Å². The van der Waals surface area contributed by atoms with Gasteiger partial charge in [-0.2, -0.15) is 4.98 Å². The molecule has 2 aliphatic rings. The monoisotopic (exact) mass is 516 g/mol. The third-order valence-electron chi connectivity index (χ3n) is 5.70. The summed E-state index contributed by atoms with van der Waals surface area (Å²) in [6, 6.07) is 13.0. The Morgan fingerprint density at radius 3 is 2.55 bits per heavy atom. The van der Waals surface area contributed by atoms with Gasteiger partial charge < -0.3 is 5.32 Å². The first-order chi connectivity index (χ1) is 14.7. The largest absolute Gasteiger partial charge is 0.328 e. The summed E-state index contributed by atoms with van der Waals surface area (Å²) in [5.41, 5.74) is 3.32. The van der Waals surface area contributed by atoms with E-state index in [2.05, 4.69) is 35.1 Å². The summed E-state index contributed by atoms with van der Waals surface area (Å²) in [5.74, 6) is 1.27. The number of carbonyl (C=O) groups excluding carboxylic acids is 1. The number of halogens is 3. The number of nitrogens with one attached hydrogen (secondary N) is 1. The quantitative estimate of drug-likeness (QED) is 0.412. The number of hydrogen-bond acceptors (Lipinski definition) is 4. The van der Waals surface area contributed by atoms with Crippen LogP contribution in [0.2, 0.25) is 10.0 Å². The summed E-state index contributed by atoms with van der Waals surface area (Å²) >= 11 is 15.8. The van der Waals surface area contributed by atoms with Crippen LogP contribution >= 0.6 is 39.1 Å². The summed E-state index contributed by atoms with van der Waals surface area (Å²) in [4.78, 5) is 18.0. The highest BCUT2D eigenvalue weighted by molar-refractivity contribution is 9.10. The summed E-state index contributed by atoms with van der Waals surface area (Å²) in [7, 11) is 0. The average molecular weight is 518 g/mol. The molecular formula is C23H19BrCl2N4O. The molecule has 1 atom stereocenters. The molecule has 2 heterocycles. The Morgan fingerprint density at radius 2 is 1.84 bits per heavy atom.